The maximum absolute atomic E-state index is 12.6. The second kappa shape index (κ2) is 4.74. The third-order valence-electron chi connectivity index (χ3n) is 3.92. The zero-order valence-electron chi connectivity index (χ0n) is 11.5. The Kier molecular flexibility index (Phi) is 2.74. The first-order chi connectivity index (χ1) is 10.3. The maximum atomic E-state index is 12.6. The van der Waals surface area contributed by atoms with Gasteiger partial charge in [-0.2, -0.15) is 0 Å². The first-order valence-corrected chi connectivity index (χ1v) is 7.02. The van der Waals surface area contributed by atoms with Gasteiger partial charge in [-0.1, -0.05) is 24.3 Å². The standard InChI is InChI=1S/C17H14N2O2/c20-17(16-10-14-15(21-16)6-3-8-18-14)19-9-7-12-4-1-2-5-13(12)11-19/h1-6,8,10H,7,9,11H2. The first-order valence-electron chi connectivity index (χ1n) is 7.02. The van der Waals surface area contributed by atoms with Gasteiger partial charge in [0.05, 0.1) is 0 Å². The van der Waals surface area contributed by atoms with Crippen LogP contribution in [0.5, 0.6) is 0 Å². The molecule has 0 fully saturated rings. The third-order valence-corrected chi connectivity index (χ3v) is 3.92. The summed E-state index contributed by atoms with van der Waals surface area (Å²) in [5, 5.41) is 0. The number of hydrogen-bond donors (Lipinski definition) is 0. The van der Waals surface area contributed by atoms with Crippen molar-refractivity contribution in [3.05, 3.63) is 65.5 Å². The highest BCUT2D eigenvalue weighted by molar-refractivity contribution is 5.95. The number of rotatable bonds is 1. The van der Waals surface area contributed by atoms with Crippen molar-refractivity contribution in [1.29, 1.82) is 0 Å². The van der Waals surface area contributed by atoms with E-state index in [0.29, 0.717) is 17.9 Å². The summed E-state index contributed by atoms with van der Waals surface area (Å²) in [5.74, 6) is 0.297. The normalized spacial score (nSPS) is 14.2. The zero-order chi connectivity index (χ0) is 14.2. The molecule has 4 nitrogen and oxygen atoms in total. The van der Waals surface area contributed by atoms with Crippen LogP contribution >= 0.6 is 0 Å². The molecule has 0 bridgehead atoms. The molecule has 0 saturated carbocycles. The van der Waals surface area contributed by atoms with Crippen molar-refractivity contribution >= 4 is 17.0 Å². The minimum atomic E-state index is -0.0671. The summed E-state index contributed by atoms with van der Waals surface area (Å²) in [6.45, 7) is 1.36. The van der Waals surface area contributed by atoms with Crippen LogP contribution in [0.2, 0.25) is 0 Å². The first kappa shape index (κ1) is 12.1. The Bertz CT molecular complexity index is 789. The van der Waals surface area contributed by atoms with Crippen molar-refractivity contribution in [1.82, 2.24) is 9.88 Å². The number of nitrogens with zero attached hydrogens (tertiary/aromatic N) is 2. The molecular formula is C17H14N2O2. The molecular weight excluding hydrogens is 264 g/mol. The number of benzene rings is 1. The molecule has 0 saturated heterocycles. The number of hydrogen-bond acceptors (Lipinski definition) is 3. The molecule has 4 rings (SSSR count). The summed E-state index contributed by atoms with van der Waals surface area (Å²) in [5.41, 5.74) is 3.91. The van der Waals surface area contributed by atoms with Crippen molar-refractivity contribution in [3.8, 4) is 0 Å². The van der Waals surface area contributed by atoms with Crippen LogP contribution in [0.3, 0.4) is 0 Å². The lowest BCUT2D eigenvalue weighted by Gasteiger charge is -2.28. The number of carbonyl (C=O) groups is 1. The van der Waals surface area contributed by atoms with Gasteiger partial charge in [-0.05, 0) is 29.7 Å². The largest absolute Gasteiger partial charge is 0.449 e. The van der Waals surface area contributed by atoms with Gasteiger partial charge in [0.15, 0.2) is 11.3 Å². The molecule has 0 spiro atoms. The molecule has 1 aliphatic rings. The fraction of sp³-hybridized carbons (Fsp3) is 0.176. The number of amides is 1. The van der Waals surface area contributed by atoms with E-state index < -0.39 is 0 Å². The highest BCUT2D eigenvalue weighted by Crippen LogP contribution is 2.23. The van der Waals surface area contributed by atoms with E-state index in [4.69, 9.17) is 4.42 Å². The summed E-state index contributed by atoms with van der Waals surface area (Å²) < 4.78 is 5.62. The van der Waals surface area contributed by atoms with Crippen LogP contribution in [0, 0.1) is 0 Å². The van der Waals surface area contributed by atoms with Crippen LogP contribution in [0.4, 0.5) is 0 Å². The molecule has 3 heterocycles. The van der Waals surface area contributed by atoms with E-state index in [1.165, 1.54) is 11.1 Å². The van der Waals surface area contributed by atoms with E-state index in [1.54, 1.807) is 18.3 Å². The minimum Gasteiger partial charge on any atom is -0.449 e. The Morgan fingerprint density at radius 3 is 2.86 bits per heavy atom. The summed E-state index contributed by atoms with van der Waals surface area (Å²) in [7, 11) is 0. The molecule has 0 aliphatic carbocycles. The van der Waals surface area contributed by atoms with Crippen LogP contribution in [0.15, 0.2) is 53.1 Å². The van der Waals surface area contributed by atoms with Gasteiger partial charge < -0.3 is 9.32 Å². The van der Waals surface area contributed by atoms with Crippen molar-refractivity contribution < 1.29 is 9.21 Å². The highest BCUT2D eigenvalue weighted by atomic mass is 16.3. The lowest BCUT2D eigenvalue weighted by molar-refractivity contribution is 0.0705. The summed E-state index contributed by atoms with van der Waals surface area (Å²) in [4.78, 5) is 18.6. The average Bonchev–Trinajstić information content (AvgIpc) is 2.97. The number of pyridine rings is 1. The predicted octanol–water partition coefficient (Wildman–Crippen LogP) is 3.03. The van der Waals surface area contributed by atoms with Crippen molar-refractivity contribution in [3.63, 3.8) is 0 Å². The van der Waals surface area contributed by atoms with E-state index in [1.807, 2.05) is 23.1 Å². The molecule has 104 valence electrons. The molecule has 1 aliphatic heterocycles. The van der Waals surface area contributed by atoms with Crippen LogP contribution in [0.1, 0.15) is 21.7 Å². The Balaban J connectivity index is 1.63. The second-order valence-electron chi connectivity index (χ2n) is 5.24. The lowest BCUT2D eigenvalue weighted by atomic mass is 10.00. The van der Waals surface area contributed by atoms with Gasteiger partial charge in [0.1, 0.15) is 5.52 Å². The molecule has 0 radical (unpaired) electrons. The van der Waals surface area contributed by atoms with Crippen molar-refractivity contribution in [2.45, 2.75) is 13.0 Å². The SMILES string of the molecule is O=C(c1cc2ncccc2o1)N1CCc2ccccc2C1. The van der Waals surface area contributed by atoms with Gasteiger partial charge in [0.2, 0.25) is 0 Å². The van der Waals surface area contributed by atoms with E-state index >= 15 is 0 Å². The highest BCUT2D eigenvalue weighted by Gasteiger charge is 2.24. The topological polar surface area (TPSA) is 46.3 Å². The fourth-order valence-electron chi connectivity index (χ4n) is 2.80. The van der Waals surface area contributed by atoms with E-state index in [9.17, 15) is 4.79 Å². The zero-order valence-corrected chi connectivity index (χ0v) is 11.5. The molecule has 3 aromatic rings. The summed E-state index contributed by atoms with van der Waals surface area (Å²) >= 11 is 0. The molecule has 2 aromatic heterocycles. The van der Waals surface area contributed by atoms with Crippen molar-refractivity contribution in [2.24, 2.45) is 0 Å². The Morgan fingerprint density at radius 2 is 2.00 bits per heavy atom. The third kappa shape index (κ3) is 2.09. The van der Waals surface area contributed by atoms with Gasteiger partial charge in [-0.3, -0.25) is 9.78 Å². The molecule has 0 atom stereocenters. The van der Waals surface area contributed by atoms with Gasteiger partial charge in [-0.15, -0.1) is 0 Å². The van der Waals surface area contributed by atoms with Gasteiger partial charge in [-0.25, -0.2) is 0 Å². The maximum Gasteiger partial charge on any atom is 0.289 e. The number of carbonyl (C=O) groups excluding carboxylic acids is 1. The molecule has 4 heteroatoms. The second-order valence-corrected chi connectivity index (χ2v) is 5.24. The van der Waals surface area contributed by atoms with E-state index in [2.05, 4.69) is 17.1 Å². The molecule has 0 N–H and O–H groups in total. The van der Waals surface area contributed by atoms with Crippen LogP contribution in [0.25, 0.3) is 11.1 Å². The number of fused-ring (bicyclic) bond motifs is 2. The Morgan fingerprint density at radius 1 is 1.14 bits per heavy atom. The monoisotopic (exact) mass is 278 g/mol. The predicted molar refractivity (Wildman–Crippen MR) is 78.9 cm³/mol. The smallest absolute Gasteiger partial charge is 0.289 e. The molecule has 21 heavy (non-hydrogen) atoms. The summed E-state index contributed by atoms with van der Waals surface area (Å²) in [6.07, 6.45) is 2.59. The minimum absolute atomic E-state index is 0.0671. The fourth-order valence-corrected chi connectivity index (χ4v) is 2.80. The number of aromatic nitrogens is 1. The Hall–Kier alpha value is -2.62. The van der Waals surface area contributed by atoms with Gasteiger partial charge in [0.25, 0.3) is 5.91 Å². The summed E-state index contributed by atoms with van der Waals surface area (Å²) in [6, 6.07) is 13.6. The average molecular weight is 278 g/mol. The van der Waals surface area contributed by atoms with Crippen LogP contribution < -0.4 is 0 Å². The van der Waals surface area contributed by atoms with Crippen LogP contribution in [-0.4, -0.2) is 22.3 Å². The van der Waals surface area contributed by atoms with E-state index in [0.717, 1.165) is 18.5 Å². The lowest BCUT2D eigenvalue weighted by Crippen LogP contribution is -2.35. The van der Waals surface area contributed by atoms with Gasteiger partial charge in [0, 0.05) is 25.4 Å². The van der Waals surface area contributed by atoms with E-state index in [-0.39, 0.29) is 5.91 Å². The van der Waals surface area contributed by atoms with Crippen LogP contribution in [-0.2, 0) is 13.0 Å². The Labute approximate surface area is 122 Å². The molecule has 1 aromatic carbocycles. The quantitative estimate of drug-likeness (QED) is 0.687. The van der Waals surface area contributed by atoms with Gasteiger partial charge >= 0.3 is 0 Å². The van der Waals surface area contributed by atoms with Crippen molar-refractivity contribution in [2.75, 3.05) is 6.54 Å². The molecule has 0 unspecified atom stereocenters. The number of furan rings is 1. The molecule has 1 amide bonds.